The third-order valence-corrected chi connectivity index (χ3v) is 1.95. The van der Waals surface area contributed by atoms with Gasteiger partial charge in [0.25, 0.3) is 0 Å². The van der Waals surface area contributed by atoms with Gasteiger partial charge in [0.05, 0.1) is 0 Å². The highest BCUT2D eigenvalue weighted by molar-refractivity contribution is 5.76. The maximum Gasteiger partial charge on any atom is 0.406 e. The van der Waals surface area contributed by atoms with Crippen molar-refractivity contribution in [3.63, 3.8) is 0 Å². The Morgan fingerprint density at radius 2 is 1.86 bits per heavy atom. The molecule has 0 aliphatic carbocycles. The second-order valence-electron chi connectivity index (χ2n) is 3.10. The summed E-state index contributed by atoms with van der Waals surface area (Å²) < 4.78 is 35.9. The van der Waals surface area contributed by atoms with Crippen LogP contribution < -0.4 is 5.73 Å². The first-order chi connectivity index (χ1) is 6.44. The summed E-state index contributed by atoms with van der Waals surface area (Å²) in [5, 5.41) is 0. The fraction of sp³-hybridized carbons (Fsp3) is 0.857. The predicted molar refractivity (Wildman–Crippen MR) is 43.7 cm³/mol. The van der Waals surface area contributed by atoms with Crippen molar-refractivity contribution < 1.29 is 18.0 Å². The molecule has 7 heteroatoms. The van der Waals surface area contributed by atoms with E-state index in [0.717, 1.165) is 4.90 Å². The largest absolute Gasteiger partial charge is 0.406 e. The van der Waals surface area contributed by atoms with Crippen molar-refractivity contribution in [2.45, 2.75) is 6.18 Å². The number of carbonyl (C=O) groups excluding carboxylic acids is 1. The summed E-state index contributed by atoms with van der Waals surface area (Å²) in [6.07, 6.45) is -4.33. The molecular formula is C7H12F3N3O. The van der Waals surface area contributed by atoms with Crippen molar-refractivity contribution in [1.82, 2.24) is 9.80 Å². The monoisotopic (exact) mass is 211 g/mol. The molecule has 14 heavy (non-hydrogen) atoms. The van der Waals surface area contributed by atoms with E-state index in [1.165, 1.54) is 4.90 Å². The highest BCUT2D eigenvalue weighted by Crippen LogP contribution is 2.19. The molecule has 82 valence electrons. The van der Waals surface area contributed by atoms with Gasteiger partial charge in [-0.3, -0.25) is 0 Å². The zero-order chi connectivity index (χ0) is 10.8. The van der Waals surface area contributed by atoms with E-state index in [0.29, 0.717) is 13.1 Å². The fourth-order valence-electron chi connectivity index (χ4n) is 1.36. The number of nitrogens with zero attached hydrogens (tertiary/aromatic N) is 2. The third kappa shape index (κ3) is 2.76. The van der Waals surface area contributed by atoms with E-state index in [-0.39, 0.29) is 13.1 Å². The third-order valence-electron chi connectivity index (χ3n) is 1.95. The van der Waals surface area contributed by atoms with Crippen LogP contribution in [0.5, 0.6) is 0 Å². The molecule has 0 aromatic rings. The lowest BCUT2D eigenvalue weighted by molar-refractivity contribution is -0.138. The van der Waals surface area contributed by atoms with Crippen molar-refractivity contribution >= 4 is 6.03 Å². The lowest BCUT2D eigenvalue weighted by Crippen LogP contribution is -2.39. The van der Waals surface area contributed by atoms with Crippen LogP contribution in [-0.4, -0.2) is 54.7 Å². The Balaban J connectivity index is 2.47. The van der Waals surface area contributed by atoms with Crippen LogP contribution in [0.2, 0.25) is 0 Å². The number of amides is 2. The van der Waals surface area contributed by atoms with Gasteiger partial charge in [-0.15, -0.1) is 0 Å². The molecule has 2 N–H and O–H groups in total. The molecule has 1 aliphatic rings. The summed E-state index contributed by atoms with van der Waals surface area (Å²) in [6.45, 7) is -0.143. The summed E-state index contributed by atoms with van der Waals surface area (Å²) in [7, 11) is 0. The summed E-state index contributed by atoms with van der Waals surface area (Å²) >= 11 is 0. The van der Waals surface area contributed by atoms with Gasteiger partial charge in [0, 0.05) is 26.2 Å². The number of hydrogen-bond acceptors (Lipinski definition) is 2. The predicted octanol–water partition coefficient (Wildman–Crippen LogP) is 0.245. The van der Waals surface area contributed by atoms with Crippen molar-refractivity contribution in [2.75, 3.05) is 32.7 Å². The molecule has 0 atom stereocenters. The molecule has 0 unspecified atom stereocenters. The number of carbonyl (C=O) groups is 1. The van der Waals surface area contributed by atoms with Crippen LogP contribution in [0.15, 0.2) is 0 Å². The van der Waals surface area contributed by atoms with Gasteiger partial charge in [0.15, 0.2) is 0 Å². The van der Waals surface area contributed by atoms with E-state index < -0.39 is 18.8 Å². The highest BCUT2D eigenvalue weighted by Gasteiger charge is 2.37. The van der Waals surface area contributed by atoms with E-state index in [2.05, 4.69) is 0 Å². The van der Waals surface area contributed by atoms with Gasteiger partial charge < -0.3 is 15.5 Å². The Morgan fingerprint density at radius 1 is 1.29 bits per heavy atom. The van der Waals surface area contributed by atoms with Crippen molar-refractivity contribution in [3.8, 4) is 0 Å². The van der Waals surface area contributed by atoms with Crippen LogP contribution in [0.25, 0.3) is 0 Å². The molecule has 1 aliphatic heterocycles. The van der Waals surface area contributed by atoms with Crippen molar-refractivity contribution in [1.29, 1.82) is 0 Å². The molecule has 1 heterocycles. The molecule has 1 fully saturated rings. The minimum absolute atomic E-state index is 0.123. The zero-order valence-electron chi connectivity index (χ0n) is 7.55. The summed E-state index contributed by atoms with van der Waals surface area (Å²) in [5.41, 5.74) is 5.21. The van der Waals surface area contributed by atoms with E-state index in [1.807, 2.05) is 0 Å². The van der Waals surface area contributed by atoms with Gasteiger partial charge in [-0.25, -0.2) is 4.79 Å². The molecule has 0 aromatic carbocycles. The van der Waals surface area contributed by atoms with Crippen LogP contribution in [0.4, 0.5) is 18.0 Å². The molecular weight excluding hydrogens is 199 g/mol. The number of halogens is 3. The lowest BCUT2D eigenvalue weighted by atomic mass is 10.5. The second kappa shape index (κ2) is 4.04. The molecule has 0 aromatic heterocycles. The topological polar surface area (TPSA) is 49.6 Å². The van der Waals surface area contributed by atoms with Gasteiger partial charge in [0.1, 0.15) is 6.54 Å². The number of hydrogen-bond donors (Lipinski definition) is 1. The minimum Gasteiger partial charge on any atom is -0.329 e. The minimum atomic E-state index is -4.33. The Hall–Kier alpha value is -0.980. The van der Waals surface area contributed by atoms with Crippen LogP contribution >= 0.6 is 0 Å². The second-order valence-corrected chi connectivity index (χ2v) is 3.10. The van der Waals surface area contributed by atoms with E-state index in [9.17, 15) is 18.0 Å². The molecule has 1 rings (SSSR count). The number of urea groups is 1. The Bertz CT molecular complexity index is 219. The maximum atomic E-state index is 12.0. The van der Waals surface area contributed by atoms with Crippen LogP contribution in [0.3, 0.4) is 0 Å². The Kier molecular flexibility index (Phi) is 3.20. The standard InChI is InChI=1S/C7H12F3N3O/c8-7(9,10)5-13-4-3-12(2-1-11)6(13)14/h1-5,11H2. The highest BCUT2D eigenvalue weighted by atomic mass is 19.4. The van der Waals surface area contributed by atoms with Crippen LogP contribution in [-0.2, 0) is 0 Å². The summed E-state index contributed by atoms with van der Waals surface area (Å²) in [5.74, 6) is 0. The molecule has 0 spiro atoms. The van der Waals surface area contributed by atoms with E-state index in [4.69, 9.17) is 5.73 Å². The van der Waals surface area contributed by atoms with Crippen LogP contribution in [0, 0.1) is 0 Å². The summed E-state index contributed by atoms with van der Waals surface area (Å²) in [6, 6.07) is -0.576. The smallest absolute Gasteiger partial charge is 0.329 e. The number of alkyl halides is 3. The van der Waals surface area contributed by atoms with E-state index >= 15 is 0 Å². The number of nitrogens with two attached hydrogens (primary N) is 1. The SMILES string of the molecule is NCCN1CCN(CC(F)(F)F)C1=O. The molecule has 0 saturated carbocycles. The molecule has 0 radical (unpaired) electrons. The summed E-state index contributed by atoms with van der Waals surface area (Å²) in [4.78, 5) is 13.4. The molecule has 4 nitrogen and oxygen atoms in total. The van der Waals surface area contributed by atoms with Gasteiger partial charge in [-0.2, -0.15) is 13.2 Å². The lowest BCUT2D eigenvalue weighted by Gasteiger charge is -2.19. The van der Waals surface area contributed by atoms with E-state index in [1.54, 1.807) is 0 Å². The molecule has 2 amide bonds. The van der Waals surface area contributed by atoms with Crippen molar-refractivity contribution in [3.05, 3.63) is 0 Å². The van der Waals surface area contributed by atoms with Gasteiger partial charge in [0.2, 0.25) is 0 Å². The number of rotatable bonds is 3. The van der Waals surface area contributed by atoms with Crippen molar-refractivity contribution in [2.24, 2.45) is 5.73 Å². The Morgan fingerprint density at radius 3 is 2.36 bits per heavy atom. The van der Waals surface area contributed by atoms with Crippen LogP contribution in [0.1, 0.15) is 0 Å². The Labute approximate surface area is 79.4 Å². The quantitative estimate of drug-likeness (QED) is 0.727. The van der Waals surface area contributed by atoms with Gasteiger partial charge in [-0.05, 0) is 0 Å². The first-order valence-electron chi connectivity index (χ1n) is 4.24. The average molecular weight is 211 g/mol. The van der Waals surface area contributed by atoms with Gasteiger partial charge >= 0.3 is 12.2 Å². The first-order valence-corrected chi connectivity index (χ1v) is 4.24. The normalized spacial score (nSPS) is 18.1. The first kappa shape index (κ1) is 11.1. The zero-order valence-corrected chi connectivity index (χ0v) is 7.55. The molecule has 0 bridgehead atoms. The fourth-order valence-corrected chi connectivity index (χ4v) is 1.36. The average Bonchev–Trinajstić information content (AvgIpc) is 2.34. The molecule has 1 saturated heterocycles. The maximum absolute atomic E-state index is 12.0. The van der Waals surface area contributed by atoms with Gasteiger partial charge in [-0.1, -0.05) is 0 Å².